The van der Waals surface area contributed by atoms with Crippen molar-refractivity contribution in [1.82, 2.24) is 4.98 Å². The first kappa shape index (κ1) is 13.6. The van der Waals surface area contributed by atoms with Crippen molar-refractivity contribution in [2.24, 2.45) is 0 Å². The number of benzene rings is 1. The van der Waals surface area contributed by atoms with E-state index in [2.05, 4.69) is 11.1 Å². The third-order valence-electron chi connectivity index (χ3n) is 2.89. The minimum absolute atomic E-state index is 0.686. The zero-order valence-electron chi connectivity index (χ0n) is 11.1. The standard InChI is InChI=1S/C15H16N2OS/c1-11-6-13(8-16)7-12(2)15(11)18-5-3-4-14-9-17-10-19-14/h6-7,9-10H,3-5H2,1-2H3. The highest BCUT2D eigenvalue weighted by molar-refractivity contribution is 7.09. The molecule has 0 bridgehead atoms. The van der Waals surface area contributed by atoms with Gasteiger partial charge in [-0.3, -0.25) is 4.98 Å². The molecule has 0 fully saturated rings. The molecule has 0 aliphatic carbocycles. The van der Waals surface area contributed by atoms with Crippen molar-refractivity contribution in [3.8, 4) is 11.8 Å². The SMILES string of the molecule is Cc1cc(C#N)cc(C)c1OCCCc1cncs1. The van der Waals surface area contributed by atoms with Crippen LogP contribution >= 0.6 is 11.3 Å². The quantitative estimate of drug-likeness (QED) is 0.781. The Morgan fingerprint density at radius 3 is 2.63 bits per heavy atom. The summed E-state index contributed by atoms with van der Waals surface area (Å²) in [7, 11) is 0. The maximum atomic E-state index is 8.90. The van der Waals surface area contributed by atoms with E-state index in [0.717, 1.165) is 29.7 Å². The second-order valence-electron chi connectivity index (χ2n) is 4.47. The smallest absolute Gasteiger partial charge is 0.125 e. The van der Waals surface area contributed by atoms with Crippen LogP contribution in [0, 0.1) is 25.2 Å². The van der Waals surface area contributed by atoms with Crippen LogP contribution in [0.25, 0.3) is 0 Å². The molecule has 0 saturated heterocycles. The van der Waals surface area contributed by atoms with Gasteiger partial charge in [-0.1, -0.05) is 0 Å². The molecule has 1 aromatic carbocycles. The molecule has 2 rings (SSSR count). The maximum absolute atomic E-state index is 8.90. The summed E-state index contributed by atoms with van der Waals surface area (Å²) in [6.45, 7) is 4.64. The van der Waals surface area contributed by atoms with E-state index in [1.807, 2.05) is 37.7 Å². The zero-order chi connectivity index (χ0) is 13.7. The molecule has 1 heterocycles. The van der Waals surface area contributed by atoms with Gasteiger partial charge in [0.1, 0.15) is 5.75 Å². The molecule has 0 aliphatic rings. The van der Waals surface area contributed by atoms with E-state index < -0.39 is 0 Å². The fraction of sp³-hybridized carbons (Fsp3) is 0.333. The molecule has 0 unspecified atom stereocenters. The number of rotatable bonds is 5. The minimum Gasteiger partial charge on any atom is -0.493 e. The van der Waals surface area contributed by atoms with Crippen molar-refractivity contribution in [3.63, 3.8) is 0 Å². The Bertz CT molecular complexity index is 562. The zero-order valence-corrected chi connectivity index (χ0v) is 12.0. The van der Waals surface area contributed by atoms with Gasteiger partial charge in [0.15, 0.2) is 0 Å². The van der Waals surface area contributed by atoms with Gasteiger partial charge in [-0.15, -0.1) is 11.3 Å². The molecule has 0 atom stereocenters. The number of thiazole rings is 1. The van der Waals surface area contributed by atoms with Crippen molar-refractivity contribution in [3.05, 3.63) is 45.4 Å². The van der Waals surface area contributed by atoms with Crippen LogP contribution < -0.4 is 4.74 Å². The fourth-order valence-electron chi connectivity index (χ4n) is 2.03. The van der Waals surface area contributed by atoms with Crippen LogP contribution in [-0.4, -0.2) is 11.6 Å². The highest BCUT2D eigenvalue weighted by Gasteiger charge is 2.06. The van der Waals surface area contributed by atoms with Crippen molar-refractivity contribution >= 4 is 11.3 Å². The van der Waals surface area contributed by atoms with Crippen molar-refractivity contribution in [2.45, 2.75) is 26.7 Å². The van der Waals surface area contributed by atoms with Gasteiger partial charge in [0.05, 0.1) is 23.8 Å². The lowest BCUT2D eigenvalue weighted by Crippen LogP contribution is -2.02. The highest BCUT2D eigenvalue weighted by atomic mass is 32.1. The summed E-state index contributed by atoms with van der Waals surface area (Å²) >= 11 is 1.68. The molecule has 3 nitrogen and oxygen atoms in total. The van der Waals surface area contributed by atoms with Crippen LogP contribution in [0.1, 0.15) is 28.0 Å². The molecule has 98 valence electrons. The van der Waals surface area contributed by atoms with E-state index in [4.69, 9.17) is 10.00 Å². The Morgan fingerprint density at radius 2 is 2.05 bits per heavy atom. The second kappa shape index (κ2) is 6.35. The topological polar surface area (TPSA) is 45.9 Å². The van der Waals surface area contributed by atoms with E-state index in [1.54, 1.807) is 11.3 Å². The van der Waals surface area contributed by atoms with Gasteiger partial charge in [0.25, 0.3) is 0 Å². The van der Waals surface area contributed by atoms with Gasteiger partial charge in [-0.25, -0.2) is 0 Å². The number of ether oxygens (including phenoxy) is 1. The summed E-state index contributed by atoms with van der Waals surface area (Å²) in [6.07, 6.45) is 3.88. The van der Waals surface area contributed by atoms with Gasteiger partial charge >= 0.3 is 0 Å². The number of aromatic nitrogens is 1. The summed E-state index contributed by atoms with van der Waals surface area (Å²) in [6, 6.07) is 5.89. The van der Waals surface area contributed by atoms with Gasteiger partial charge in [-0.05, 0) is 49.9 Å². The van der Waals surface area contributed by atoms with Crippen LogP contribution in [0.15, 0.2) is 23.8 Å². The molecule has 4 heteroatoms. The van der Waals surface area contributed by atoms with Gasteiger partial charge in [-0.2, -0.15) is 5.26 Å². The predicted octanol–water partition coefficient (Wildman–Crippen LogP) is 3.64. The lowest BCUT2D eigenvalue weighted by atomic mass is 10.1. The molecule has 1 aromatic heterocycles. The molecular formula is C15H16N2OS. The summed E-state index contributed by atoms with van der Waals surface area (Å²) in [5.41, 5.74) is 4.58. The molecule has 0 spiro atoms. The Morgan fingerprint density at radius 1 is 1.32 bits per heavy atom. The molecule has 0 amide bonds. The molecule has 0 N–H and O–H groups in total. The van der Waals surface area contributed by atoms with Crippen LogP contribution in [0.5, 0.6) is 5.75 Å². The Kier molecular flexibility index (Phi) is 4.53. The molecule has 0 aliphatic heterocycles. The van der Waals surface area contributed by atoms with E-state index in [1.165, 1.54) is 4.88 Å². The van der Waals surface area contributed by atoms with Crippen molar-refractivity contribution in [2.75, 3.05) is 6.61 Å². The minimum atomic E-state index is 0.686. The monoisotopic (exact) mass is 272 g/mol. The number of aryl methyl sites for hydroxylation is 3. The number of hydrogen-bond donors (Lipinski definition) is 0. The fourth-order valence-corrected chi connectivity index (χ4v) is 2.67. The Balaban J connectivity index is 1.91. The Labute approximate surface area is 117 Å². The van der Waals surface area contributed by atoms with E-state index >= 15 is 0 Å². The lowest BCUT2D eigenvalue weighted by molar-refractivity contribution is 0.307. The average molecular weight is 272 g/mol. The molecule has 0 radical (unpaired) electrons. The highest BCUT2D eigenvalue weighted by Crippen LogP contribution is 2.24. The van der Waals surface area contributed by atoms with Crippen molar-refractivity contribution < 1.29 is 4.74 Å². The normalized spacial score (nSPS) is 10.2. The van der Waals surface area contributed by atoms with Crippen LogP contribution in [-0.2, 0) is 6.42 Å². The summed E-state index contributed by atoms with van der Waals surface area (Å²) in [5.74, 6) is 0.906. The number of nitrogens with zero attached hydrogens (tertiary/aromatic N) is 2. The third kappa shape index (κ3) is 3.55. The molecular weight excluding hydrogens is 256 g/mol. The first-order valence-electron chi connectivity index (χ1n) is 6.22. The van der Waals surface area contributed by atoms with E-state index in [-0.39, 0.29) is 0 Å². The van der Waals surface area contributed by atoms with Crippen LogP contribution in [0.4, 0.5) is 0 Å². The van der Waals surface area contributed by atoms with Gasteiger partial charge < -0.3 is 4.74 Å². The summed E-state index contributed by atoms with van der Waals surface area (Å²) < 4.78 is 5.84. The van der Waals surface area contributed by atoms with E-state index in [9.17, 15) is 0 Å². The molecule has 19 heavy (non-hydrogen) atoms. The van der Waals surface area contributed by atoms with Crippen LogP contribution in [0.3, 0.4) is 0 Å². The lowest BCUT2D eigenvalue weighted by Gasteiger charge is -2.12. The van der Waals surface area contributed by atoms with Gasteiger partial charge in [0, 0.05) is 11.1 Å². The number of hydrogen-bond acceptors (Lipinski definition) is 4. The first-order valence-corrected chi connectivity index (χ1v) is 7.10. The Hall–Kier alpha value is -1.86. The second-order valence-corrected chi connectivity index (χ2v) is 5.44. The van der Waals surface area contributed by atoms with Crippen molar-refractivity contribution in [1.29, 1.82) is 5.26 Å². The third-order valence-corrected chi connectivity index (χ3v) is 3.73. The first-order chi connectivity index (χ1) is 9.20. The average Bonchev–Trinajstić information content (AvgIpc) is 2.89. The maximum Gasteiger partial charge on any atom is 0.125 e. The predicted molar refractivity (Wildman–Crippen MR) is 76.6 cm³/mol. The van der Waals surface area contributed by atoms with Gasteiger partial charge in [0.2, 0.25) is 0 Å². The number of nitriles is 1. The largest absolute Gasteiger partial charge is 0.493 e. The summed E-state index contributed by atoms with van der Waals surface area (Å²) in [5, 5.41) is 8.90. The van der Waals surface area contributed by atoms with Crippen LogP contribution in [0.2, 0.25) is 0 Å². The molecule has 2 aromatic rings. The molecule has 0 saturated carbocycles. The van der Waals surface area contributed by atoms with E-state index in [0.29, 0.717) is 12.2 Å². The summed E-state index contributed by atoms with van der Waals surface area (Å²) in [4.78, 5) is 5.34.